The first-order valence-electron chi connectivity index (χ1n) is 2.34. The summed E-state index contributed by atoms with van der Waals surface area (Å²) in [6.45, 7) is 0.683. The molecule has 0 unspecified atom stereocenters. The Kier molecular flexibility index (Phi) is 0.542. The van der Waals surface area contributed by atoms with Crippen LogP contribution in [0.15, 0.2) is 11.3 Å². The van der Waals surface area contributed by atoms with Gasteiger partial charge in [-0.25, -0.2) is 0 Å². The number of fused-ring (bicyclic) bond motifs is 1. The molecule has 0 fully saturated rings. The van der Waals surface area contributed by atoms with E-state index in [4.69, 9.17) is 0 Å². The van der Waals surface area contributed by atoms with Crippen molar-refractivity contribution in [1.29, 1.82) is 0 Å². The summed E-state index contributed by atoms with van der Waals surface area (Å²) in [6.07, 6.45) is 3.38. The van der Waals surface area contributed by atoms with Crippen molar-refractivity contribution in [2.45, 2.75) is 6.67 Å². The van der Waals surface area contributed by atoms with E-state index >= 15 is 0 Å². The minimum absolute atomic E-state index is 0.683. The van der Waals surface area contributed by atoms with Gasteiger partial charge < -0.3 is 0 Å². The standard InChI is InChI=1S/C4H4N4/c1-4-7-6-3-8(4)2-5-1/h1,3H,2H2. The number of hydrogen-bond donors (Lipinski definition) is 0. The van der Waals surface area contributed by atoms with Crippen molar-refractivity contribution in [1.82, 2.24) is 14.8 Å². The van der Waals surface area contributed by atoms with Crippen LogP contribution in [0, 0.1) is 0 Å². The quantitative estimate of drug-likeness (QED) is 0.456. The molecule has 8 heavy (non-hydrogen) atoms. The normalized spacial score (nSPS) is 14.5. The Balaban J connectivity index is 2.67. The molecule has 0 aromatic carbocycles. The number of rotatable bonds is 0. The molecular formula is C4H4N4. The molecule has 2 heterocycles. The molecule has 1 aliphatic heterocycles. The van der Waals surface area contributed by atoms with Crippen molar-refractivity contribution in [2.24, 2.45) is 4.99 Å². The van der Waals surface area contributed by atoms with Crippen LogP contribution in [0.5, 0.6) is 0 Å². The first-order valence-corrected chi connectivity index (χ1v) is 2.34. The molecule has 0 saturated heterocycles. The summed E-state index contributed by atoms with van der Waals surface area (Å²) in [4.78, 5) is 3.95. The van der Waals surface area contributed by atoms with Crippen LogP contribution in [0.1, 0.15) is 5.82 Å². The molecule has 0 spiro atoms. The molecule has 1 aromatic rings. The molecule has 0 atom stereocenters. The summed E-state index contributed by atoms with van der Waals surface area (Å²) in [5, 5.41) is 7.43. The third-order valence-electron chi connectivity index (χ3n) is 1.09. The van der Waals surface area contributed by atoms with Crippen LogP contribution in [0.3, 0.4) is 0 Å². The van der Waals surface area contributed by atoms with Crippen molar-refractivity contribution in [3.63, 3.8) is 0 Å². The summed E-state index contributed by atoms with van der Waals surface area (Å²) in [7, 11) is 0. The Hall–Kier alpha value is -1.19. The van der Waals surface area contributed by atoms with E-state index in [0.717, 1.165) is 5.82 Å². The van der Waals surface area contributed by atoms with Crippen LogP contribution in [0.2, 0.25) is 0 Å². The van der Waals surface area contributed by atoms with Gasteiger partial charge in [0.15, 0.2) is 5.82 Å². The molecule has 0 aliphatic carbocycles. The van der Waals surface area contributed by atoms with Gasteiger partial charge in [0.2, 0.25) is 0 Å². The molecule has 4 heteroatoms. The third-order valence-corrected chi connectivity index (χ3v) is 1.09. The van der Waals surface area contributed by atoms with Crippen LogP contribution in [0.25, 0.3) is 0 Å². The Morgan fingerprint density at radius 1 is 1.62 bits per heavy atom. The van der Waals surface area contributed by atoms with Crippen LogP contribution in [0.4, 0.5) is 0 Å². The van der Waals surface area contributed by atoms with Gasteiger partial charge in [-0.3, -0.25) is 9.56 Å². The van der Waals surface area contributed by atoms with Crippen LogP contribution < -0.4 is 0 Å². The number of nitrogens with zero attached hydrogens (tertiary/aromatic N) is 4. The van der Waals surface area contributed by atoms with Gasteiger partial charge >= 0.3 is 0 Å². The molecule has 0 radical (unpaired) electrons. The van der Waals surface area contributed by atoms with Crippen LogP contribution in [-0.2, 0) is 6.67 Å². The van der Waals surface area contributed by atoms with Gasteiger partial charge in [-0.05, 0) is 0 Å². The summed E-state index contributed by atoms with van der Waals surface area (Å²) in [5.41, 5.74) is 0. The number of hydrogen-bond acceptors (Lipinski definition) is 3. The molecule has 40 valence electrons. The van der Waals surface area contributed by atoms with Crippen molar-refractivity contribution in [3.05, 3.63) is 12.2 Å². The highest BCUT2D eigenvalue weighted by Gasteiger charge is 2.03. The summed E-state index contributed by atoms with van der Waals surface area (Å²) in [6, 6.07) is 0. The molecular weight excluding hydrogens is 104 g/mol. The lowest BCUT2D eigenvalue weighted by Gasteiger charge is -1.84. The molecule has 2 rings (SSSR count). The van der Waals surface area contributed by atoms with Gasteiger partial charge in [-0.1, -0.05) is 0 Å². The lowest BCUT2D eigenvalue weighted by atomic mass is 10.7. The zero-order chi connectivity index (χ0) is 5.40. The monoisotopic (exact) mass is 108 g/mol. The fraction of sp³-hybridized carbons (Fsp3) is 0.250. The first-order chi connectivity index (χ1) is 3.97. The summed E-state index contributed by atoms with van der Waals surface area (Å²) in [5.74, 6) is 0.852. The van der Waals surface area contributed by atoms with Gasteiger partial charge in [-0.15, -0.1) is 10.2 Å². The predicted molar refractivity (Wildman–Crippen MR) is 27.6 cm³/mol. The zero-order valence-corrected chi connectivity index (χ0v) is 4.15. The molecule has 0 bridgehead atoms. The lowest BCUT2D eigenvalue weighted by Crippen LogP contribution is -1.90. The Bertz CT molecular complexity index is 224. The number of aromatic nitrogens is 3. The molecule has 0 N–H and O–H groups in total. The topological polar surface area (TPSA) is 43.1 Å². The number of aliphatic imine (C=N–C) groups is 1. The van der Waals surface area contributed by atoms with Gasteiger partial charge in [0, 0.05) is 0 Å². The zero-order valence-electron chi connectivity index (χ0n) is 4.15. The smallest absolute Gasteiger partial charge is 0.176 e. The average molecular weight is 108 g/mol. The van der Waals surface area contributed by atoms with Crippen molar-refractivity contribution < 1.29 is 0 Å². The molecule has 0 amide bonds. The highest BCUT2D eigenvalue weighted by Crippen LogP contribution is 1.97. The molecule has 4 nitrogen and oxygen atoms in total. The van der Waals surface area contributed by atoms with E-state index in [-0.39, 0.29) is 0 Å². The van der Waals surface area contributed by atoms with E-state index in [1.165, 1.54) is 0 Å². The second-order valence-electron chi connectivity index (χ2n) is 1.61. The van der Waals surface area contributed by atoms with Crippen LogP contribution in [-0.4, -0.2) is 21.0 Å². The summed E-state index contributed by atoms with van der Waals surface area (Å²) >= 11 is 0. The van der Waals surface area contributed by atoms with E-state index < -0.39 is 0 Å². The minimum atomic E-state index is 0.683. The van der Waals surface area contributed by atoms with E-state index in [0.29, 0.717) is 6.67 Å². The van der Waals surface area contributed by atoms with E-state index in [1.807, 2.05) is 4.57 Å². The van der Waals surface area contributed by atoms with E-state index in [9.17, 15) is 0 Å². The van der Waals surface area contributed by atoms with Crippen molar-refractivity contribution in [3.8, 4) is 0 Å². The Labute approximate surface area is 45.9 Å². The maximum Gasteiger partial charge on any atom is 0.176 e. The van der Waals surface area contributed by atoms with Crippen molar-refractivity contribution in [2.75, 3.05) is 0 Å². The molecule has 1 aromatic heterocycles. The highest BCUT2D eigenvalue weighted by atomic mass is 15.3. The Morgan fingerprint density at radius 3 is 3.50 bits per heavy atom. The SMILES string of the molecule is C1=NCn2cnnc21. The van der Waals surface area contributed by atoms with Crippen molar-refractivity contribution >= 4 is 6.21 Å². The molecule has 0 saturated carbocycles. The predicted octanol–water partition coefficient (Wildman–Crippen LogP) is -0.332. The maximum absolute atomic E-state index is 3.95. The van der Waals surface area contributed by atoms with Gasteiger partial charge in [0.05, 0.1) is 6.21 Å². The average Bonchev–Trinajstić information content (AvgIpc) is 2.15. The Morgan fingerprint density at radius 2 is 2.62 bits per heavy atom. The largest absolute Gasteiger partial charge is 0.292 e. The van der Waals surface area contributed by atoms with E-state index in [1.54, 1.807) is 12.5 Å². The fourth-order valence-corrected chi connectivity index (χ4v) is 0.683. The van der Waals surface area contributed by atoms with Gasteiger partial charge in [-0.2, -0.15) is 0 Å². The van der Waals surface area contributed by atoms with Gasteiger partial charge in [0.25, 0.3) is 0 Å². The lowest BCUT2D eigenvalue weighted by molar-refractivity contribution is 0.758. The second-order valence-corrected chi connectivity index (χ2v) is 1.61. The van der Waals surface area contributed by atoms with Crippen LogP contribution >= 0.6 is 0 Å². The van der Waals surface area contributed by atoms with E-state index in [2.05, 4.69) is 15.2 Å². The highest BCUT2D eigenvalue weighted by molar-refractivity contribution is 5.75. The fourth-order valence-electron chi connectivity index (χ4n) is 0.683. The second kappa shape index (κ2) is 1.15. The third kappa shape index (κ3) is 0.318. The minimum Gasteiger partial charge on any atom is -0.292 e. The first kappa shape index (κ1) is 3.77. The maximum atomic E-state index is 3.95. The summed E-state index contributed by atoms with van der Waals surface area (Å²) < 4.78 is 1.88. The molecule has 1 aliphatic rings. The van der Waals surface area contributed by atoms with Gasteiger partial charge in [0.1, 0.15) is 13.0 Å².